The Morgan fingerprint density at radius 1 is 0.500 bits per heavy atom. The van der Waals surface area contributed by atoms with Crippen molar-refractivity contribution in [3.63, 3.8) is 0 Å². The van der Waals surface area contributed by atoms with Gasteiger partial charge in [-0.05, 0) is 93.6 Å². The summed E-state index contributed by atoms with van der Waals surface area (Å²) in [6.45, 7) is 25.1. The summed E-state index contributed by atoms with van der Waals surface area (Å²) < 4.78 is 12.5. The Kier molecular flexibility index (Phi) is 14.9. The minimum absolute atomic E-state index is 0.210. The molecular weight excluding hydrogens is 649 g/mol. The third-order valence-electron chi connectivity index (χ3n) is 10.5. The Morgan fingerprint density at radius 2 is 0.750 bits per heavy atom. The summed E-state index contributed by atoms with van der Waals surface area (Å²) in [4.78, 5) is 27.1. The number of aromatic hydroxyl groups is 2. The largest absolute Gasteiger partial charge is 0.507 e. The van der Waals surface area contributed by atoms with Gasteiger partial charge in [-0.25, -0.2) is 0 Å². The standard InChI is InChI=1S/C46H72O6/c1-43(2,3)33-27-31(28-34(41(33)49)44(4,5)6)23-25-39(47)51-37-21-19-17-15-13-14-16-18-20-22-38(37)52-40(48)26-24-32-29-35(45(7,8)9)42(50)36(30-32)46(10,11)12/h27-30,37-38,49-50H,13-26H2,1-12H3. The van der Waals surface area contributed by atoms with Gasteiger partial charge in [-0.15, -0.1) is 0 Å². The molecule has 6 nitrogen and oxygen atoms in total. The van der Waals surface area contributed by atoms with E-state index in [2.05, 4.69) is 83.1 Å². The van der Waals surface area contributed by atoms with Gasteiger partial charge >= 0.3 is 11.9 Å². The zero-order valence-electron chi connectivity index (χ0n) is 34.9. The molecule has 0 saturated heterocycles. The minimum Gasteiger partial charge on any atom is -0.507 e. The molecule has 292 valence electrons. The van der Waals surface area contributed by atoms with Gasteiger partial charge in [0, 0.05) is 12.8 Å². The summed E-state index contributed by atoms with van der Waals surface area (Å²) in [6, 6.07) is 8.12. The molecular formula is C46H72O6. The number of ether oxygens (including phenoxy) is 2. The van der Waals surface area contributed by atoms with Gasteiger partial charge in [0.1, 0.15) is 23.7 Å². The van der Waals surface area contributed by atoms with Crippen LogP contribution < -0.4 is 0 Å². The lowest BCUT2D eigenvalue weighted by molar-refractivity contribution is -0.169. The summed E-state index contributed by atoms with van der Waals surface area (Å²) in [5, 5.41) is 22.3. The lowest BCUT2D eigenvalue weighted by Gasteiger charge is -2.29. The van der Waals surface area contributed by atoms with Crippen LogP contribution in [0.2, 0.25) is 0 Å². The van der Waals surface area contributed by atoms with Crippen molar-refractivity contribution < 1.29 is 29.3 Å². The number of rotatable bonds is 8. The molecule has 0 amide bonds. The molecule has 3 rings (SSSR count). The molecule has 0 aliphatic heterocycles. The minimum atomic E-state index is -0.486. The zero-order chi connectivity index (χ0) is 39.1. The van der Waals surface area contributed by atoms with Gasteiger partial charge in [0.15, 0.2) is 0 Å². The fourth-order valence-electron chi connectivity index (χ4n) is 7.31. The average molecular weight is 721 g/mol. The maximum absolute atomic E-state index is 13.6. The first kappa shape index (κ1) is 43.4. The van der Waals surface area contributed by atoms with Crippen LogP contribution >= 0.6 is 0 Å². The first-order valence-corrected chi connectivity index (χ1v) is 20.1. The predicted molar refractivity (Wildman–Crippen MR) is 214 cm³/mol. The number of phenols is 2. The Morgan fingerprint density at radius 3 is 1.00 bits per heavy atom. The zero-order valence-corrected chi connectivity index (χ0v) is 34.9. The van der Waals surface area contributed by atoms with E-state index in [4.69, 9.17) is 9.47 Å². The van der Waals surface area contributed by atoms with Gasteiger partial charge in [-0.2, -0.15) is 0 Å². The summed E-state index contributed by atoms with van der Waals surface area (Å²) in [6.07, 6.45) is 10.6. The topological polar surface area (TPSA) is 93.1 Å². The third-order valence-corrected chi connectivity index (χ3v) is 10.5. The van der Waals surface area contributed by atoms with E-state index in [0.717, 1.165) is 71.9 Å². The average Bonchev–Trinajstić information content (AvgIpc) is 3.00. The number of carbonyl (C=O) groups is 2. The predicted octanol–water partition coefficient (Wildman–Crippen LogP) is 11.6. The molecule has 2 unspecified atom stereocenters. The number of benzene rings is 2. The molecule has 1 saturated carbocycles. The van der Waals surface area contributed by atoms with E-state index in [9.17, 15) is 19.8 Å². The third kappa shape index (κ3) is 12.8. The summed E-state index contributed by atoms with van der Waals surface area (Å²) in [7, 11) is 0. The molecule has 2 atom stereocenters. The summed E-state index contributed by atoms with van der Waals surface area (Å²) in [5.41, 5.74) is 4.52. The Balaban J connectivity index is 1.80. The van der Waals surface area contributed by atoms with Gasteiger partial charge in [0.25, 0.3) is 0 Å². The highest BCUT2D eigenvalue weighted by atomic mass is 16.6. The van der Waals surface area contributed by atoms with Gasteiger partial charge in [0.05, 0.1) is 0 Å². The maximum atomic E-state index is 13.6. The molecule has 0 bridgehead atoms. The van der Waals surface area contributed by atoms with Crippen LogP contribution in [0.15, 0.2) is 24.3 Å². The maximum Gasteiger partial charge on any atom is 0.306 e. The first-order chi connectivity index (χ1) is 24.0. The summed E-state index contributed by atoms with van der Waals surface area (Å²) >= 11 is 0. The van der Waals surface area contributed by atoms with E-state index < -0.39 is 12.2 Å². The van der Waals surface area contributed by atoms with E-state index in [0.29, 0.717) is 37.2 Å². The molecule has 0 heterocycles. The van der Waals surface area contributed by atoms with Crippen LogP contribution in [0.1, 0.15) is 194 Å². The molecule has 1 aliphatic carbocycles. The number of aryl methyl sites for hydroxylation is 2. The number of carbonyl (C=O) groups excluding carboxylic acids is 2. The number of phenolic OH excluding ortho intramolecular Hbond substituents is 2. The van der Waals surface area contributed by atoms with Crippen LogP contribution in [0.4, 0.5) is 0 Å². The molecule has 1 aliphatic rings. The van der Waals surface area contributed by atoms with E-state index in [-0.39, 0.29) is 46.4 Å². The van der Waals surface area contributed by atoms with Crippen molar-refractivity contribution in [3.05, 3.63) is 57.6 Å². The molecule has 0 radical (unpaired) electrons. The van der Waals surface area contributed by atoms with Crippen LogP contribution in [0.5, 0.6) is 11.5 Å². The molecule has 0 spiro atoms. The normalized spacial score (nSPS) is 18.6. The lowest BCUT2D eigenvalue weighted by Crippen LogP contribution is -2.36. The highest BCUT2D eigenvalue weighted by molar-refractivity contribution is 5.71. The van der Waals surface area contributed by atoms with Gasteiger partial charge in [-0.1, -0.05) is 146 Å². The quantitative estimate of drug-likeness (QED) is 0.264. The van der Waals surface area contributed by atoms with Crippen LogP contribution in [0.25, 0.3) is 0 Å². The monoisotopic (exact) mass is 721 g/mol. The van der Waals surface area contributed by atoms with Crippen molar-refractivity contribution in [2.45, 2.75) is 207 Å². The van der Waals surface area contributed by atoms with Crippen LogP contribution in [-0.4, -0.2) is 34.4 Å². The number of hydrogen-bond donors (Lipinski definition) is 2. The van der Waals surface area contributed by atoms with E-state index >= 15 is 0 Å². The molecule has 2 N–H and O–H groups in total. The van der Waals surface area contributed by atoms with E-state index in [1.54, 1.807) is 0 Å². The smallest absolute Gasteiger partial charge is 0.306 e. The van der Waals surface area contributed by atoms with Gasteiger partial charge < -0.3 is 19.7 Å². The molecule has 6 heteroatoms. The van der Waals surface area contributed by atoms with Crippen molar-refractivity contribution in [2.24, 2.45) is 0 Å². The first-order valence-electron chi connectivity index (χ1n) is 20.1. The molecule has 52 heavy (non-hydrogen) atoms. The fraction of sp³-hybridized carbons (Fsp3) is 0.696. The molecule has 2 aromatic carbocycles. The van der Waals surface area contributed by atoms with Gasteiger partial charge in [0.2, 0.25) is 0 Å². The fourth-order valence-corrected chi connectivity index (χ4v) is 7.31. The highest BCUT2D eigenvalue weighted by Gasteiger charge is 2.31. The summed E-state index contributed by atoms with van der Waals surface area (Å²) in [5.74, 6) is 0.0986. The van der Waals surface area contributed by atoms with Crippen molar-refractivity contribution >= 4 is 11.9 Å². The second-order valence-corrected chi connectivity index (χ2v) is 19.5. The molecule has 1 fully saturated rings. The second-order valence-electron chi connectivity index (χ2n) is 19.5. The Labute approximate surface area is 316 Å². The Hall–Kier alpha value is -3.02. The second kappa shape index (κ2) is 17.9. The van der Waals surface area contributed by atoms with Crippen molar-refractivity contribution in [2.75, 3.05) is 0 Å². The van der Waals surface area contributed by atoms with Crippen LogP contribution in [-0.2, 0) is 53.6 Å². The van der Waals surface area contributed by atoms with Crippen molar-refractivity contribution in [3.8, 4) is 11.5 Å². The van der Waals surface area contributed by atoms with Crippen LogP contribution in [0.3, 0.4) is 0 Å². The van der Waals surface area contributed by atoms with Crippen LogP contribution in [0, 0.1) is 0 Å². The number of esters is 2. The SMILES string of the molecule is CC(C)(C)c1cc(CCC(=O)OC2CCCCCCCCCCC2OC(=O)CCc2cc(C(C)(C)C)c(O)c(C(C)(C)C)c2)cc(C(C)(C)C)c1O. The van der Waals surface area contributed by atoms with Crippen molar-refractivity contribution in [1.82, 2.24) is 0 Å². The number of hydrogen-bond acceptors (Lipinski definition) is 6. The van der Waals surface area contributed by atoms with Crippen molar-refractivity contribution in [1.29, 1.82) is 0 Å². The van der Waals surface area contributed by atoms with E-state index in [1.807, 2.05) is 24.3 Å². The molecule has 0 aromatic heterocycles. The van der Waals surface area contributed by atoms with E-state index in [1.165, 1.54) is 12.8 Å². The highest BCUT2D eigenvalue weighted by Crippen LogP contribution is 2.41. The lowest BCUT2D eigenvalue weighted by atomic mass is 9.78. The van der Waals surface area contributed by atoms with Gasteiger partial charge in [-0.3, -0.25) is 9.59 Å². The Bertz CT molecular complexity index is 1310. The molecule has 2 aromatic rings.